The smallest absolute Gasteiger partial charge is 1.00 e. The molecule has 7 fully saturated rings. The van der Waals surface area contributed by atoms with Crippen LogP contribution in [0.5, 0.6) is 0 Å². The second kappa shape index (κ2) is 43.9. The Hall–Kier alpha value is -5.18. The van der Waals surface area contributed by atoms with Gasteiger partial charge in [0.25, 0.3) is 0 Å². The number of fused-ring (bicyclic) bond motifs is 3. The van der Waals surface area contributed by atoms with Gasteiger partial charge in [0, 0.05) is 96.2 Å². The molecule has 7 aliphatic heterocycles. The molecule has 584 valence electrons. The molecule has 8 amide bonds. The van der Waals surface area contributed by atoms with Crippen LogP contribution in [0.4, 0.5) is 24.0 Å². The molecule has 0 saturated carbocycles. The van der Waals surface area contributed by atoms with Crippen LogP contribution in [-0.2, 0) is 57.2 Å². The van der Waals surface area contributed by atoms with E-state index in [0.717, 1.165) is 43.2 Å². The van der Waals surface area contributed by atoms with Gasteiger partial charge in [-0.05, 0) is 182 Å². The zero-order valence-corrected chi connectivity index (χ0v) is 67.8. The number of urea groups is 3. The molecule has 0 bridgehead atoms. The van der Waals surface area contributed by atoms with Crippen molar-refractivity contribution in [2.75, 3.05) is 124 Å². The number of ether oxygens (including phenoxy) is 6. The Morgan fingerprint density at radius 3 is 1.27 bits per heavy atom. The number of piperidine rings is 1. The van der Waals surface area contributed by atoms with Gasteiger partial charge in [0.05, 0.1) is 78.6 Å². The Balaban J connectivity index is -0.000000568. The number of aliphatic hydroxyl groups excluding tert-OH is 2. The number of nitrogens with one attached hydrogen (secondary N) is 1. The first-order valence-electron chi connectivity index (χ1n) is 33.7. The van der Waals surface area contributed by atoms with Gasteiger partial charge in [0.2, 0.25) is 0 Å². The van der Waals surface area contributed by atoms with Crippen molar-refractivity contribution in [3.05, 3.63) is 0 Å². The van der Waals surface area contributed by atoms with E-state index in [1.807, 2.05) is 97.8 Å². The number of hydrogen-bond donors (Lipinski definition) is 5. The molecule has 7 saturated heterocycles. The van der Waals surface area contributed by atoms with Crippen LogP contribution in [0.3, 0.4) is 0 Å². The van der Waals surface area contributed by atoms with E-state index in [1.54, 1.807) is 61.1 Å². The molecule has 0 spiro atoms. The van der Waals surface area contributed by atoms with Gasteiger partial charge < -0.3 is 89.9 Å². The largest absolute Gasteiger partial charge is 1.00 e. The van der Waals surface area contributed by atoms with Crippen LogP contribution in [0.2, 0.25) is 0 Å². The van der Waals surface area contributed by atoms with Gasteiger partial charge >= 0.3 is 95.7 Å². The van der Waals surface area contributed by atoms with Crippen LogP contribution in [0.1, 0.15) is 199 Å². The molecule has 7 rings (SSSR count). The number of piperazine rings is 2. The molecule has 7 heterocycles. The number of halogens is 1. The first kappa shape index (κ1) is 100.0. The monoisotopic (exact) mass is 1570 g/mol. The summed E-state index contributed by atoms with van der Waals surface area (Å²) in [6.07, 6.45) is 6.28. The van der Waals surface area contributed by atoms with E-state index >= 15 is 0 Å². The normalized spacial score (nSPS) is 19.1. The second-order valence-corrected chi connectivity index (χ2v) is 32.3. The zero-order valence-electron chi connectivity index (χ0n) is 64.6. The fourth-order valence-electron chi connectivity index (χ4n) is 10.4. The van der Waals surface area contributed by atoms with E-state index in [2.05, 4.69) is 37.4 Å². The summed E-state index contributed by atoms with van der Waals surface area (Å²) in [6, 6.07) is 0.451. The Kier molecular flexibility index (Phi) is 43.5. The number of cyclic esters (lactones) is 1. The fourth-order valence-corrected chi connectivity index (χ4v) is 11.7. The van der Waals surface area contributed by atoms with Crippen LogP contribution in [0, 0.1) is 32.5 Å². The van der Waals surface area contributed by atoms with Crippen LogP contribution >= 0.6 is 22.6 Å². The molecule has 0 unspecified atom stereocenters. The standard InChI is InChI=1S/C18H31N3O5.C13H22N2O3.C11H19N3O3.C7H13IO2.C7H14O3.C6H12O3.C6H10O2.2CH4.Na.H/c1-17(2,3)26-16(24)20-9-10-21-13(12-20)11-19(15(21)23)8-7-18(4,5)14(22)25-6;1-13(2,11(16)17)6-8-14-9-10-5-3-4-7-15(10)12(14)18;1-11(2,3)17-10(16)13-4-5-14-8(7-13)6-12-9(14)15;2*1-7(2,4-5-8)6(9)10-3;1-6(2,3-4-7)5(8)9;1-6(2)3-4-8-5(6)7;;;;/h13H,7-12H2,1-6H3;10H,3-9H2,1-2H3,(H,16,17);8H,4-7H2,1-3H3,(H,12,15);4-5H2,1-3H3;8H,4-5H2,1-3H3;7H,3-4H2,1-2H3,(H,8,9);3-4H2,1-2H3;2*1H4;;/q;;;;;;;;;+1;-1/t13-;10-;8-;;;;;;;;/m101......../s1. The van der Waals surface area contributed by atoms with Gasteiger partial charge in [-0.25, -0.2) is 24.0 Å². The maximum Gasteiger partial charge on any atom is 1.00 e. The van der Waals surface area contributed by atoms with Crippen LogP contribution < -0.4 is 34.9 Å². The summed E-state index contributed by atoms with van der Waals surface area (Å²) >= 11 is 2.25. The Morgan fingerprint density at radius 2 is 0.911 bits per heavy atom. The van der Waals surface area contributed by atoms with E-state index < -0.39 is 44.8 Å². The Morgan fingerprint density at radius 1 is 0.535 bits per heavy atom. The third kappa shape index (κ3) is 33.6. The molecule has 0 aliphatic carbocycles. The number of nitrogens with zero attached hydrogens (tertiary/aromatic N) is 7. The molecule has 101 heavy (non-hydrogen) atoms. The SMILES string of the molecule is C.C.CC(C)(C)OC(=O)N1CCN2C(=O)NC[C@@H]2C1.CC(C)(CCN1C[C@@H]2CCCCN2C1=O)C(=O)O.CC(C)(CCO)C(=O)O.CC1(C)CCOC1=O.COC(=O)C(C)(C)CCI.COC(=O)C(C)(C)CCN1C[C@@H]2CN(C(=O)OC(C)(C)C)CCN2C1=O.COC(=O)C(C)(C)CCO.[H-].[Na+]. The number of alkyl halides is 1. The van der Waals surface area contributed by atoms with Gasteiger partial charge in [0.1, 0.15) is 11.2 Å². The molecule has 0 aromatic rings. The minimum absolute atomic E-state index is 0. The summed E-state index contributed by atoms with van der Waals surface area (Å²) in [5.41, 5.74) is -4.26. The van der Waals surface area contributed by atoms with Gasteiger partial charge in [-0.3, -0.25) is 28.8 Å². The quantitative estimate of drug-likeness (QED) is 0.0330. The number of amides is 8. The number of hydrogen-bond acceptors (Lipinski definition) is 19. The predicted molar refractivity (Wildman–Crippen MR) is 389 cm³/mol. The first-order valence-corrected chi connectivity index (χ1v) is 35.3. The number of carbonyl (C=O) groups is 11. The van der Waals surface area contributed by atoms with E-state index in [9.17, 15) is 52.7 Å². The summed E-state index contributed by atoms with van der Waals surface area (Å²) in [5, 5.41) is 37.2. The van der Waals surface area contributed by atoms with Crippen molar-refractivity contribution < 1.29 is 133 Å². The molecule has 31 heteroatoms. The molecule has 0 radical (unpaired) electrons. The summed E-state index contributed by atoms with van der Waals surface area (Å²) < 4.78 is 30.4. The molecule has 7 aliphatic rings. The Bertz CT molecular complexity index is 2640. The second-order valence-electron chi connectivity index (χ2n) is 31.2. The van der Waals surface area contributed by atoms with Crippen molar-refractivity contribution in [2.45, 2.75) is 227 Å². The van der Waals surface area contributed by atoms with E-state index in [0.29, 0.717) is 104 Å². The maximum absolute atomic E-state index is 12.6. The average molecular weight is 1570 g/mol. The van der Waals surface area contributed by atoms with Gasteiger partial charge in [-0.15, -0.1) is 0 Å². The molecule has 5 N–H and O–H groups in total. The number of methoxy groups -OCH3 is 3. The van der Waals surface area contributed by atoms with Crippen molar-refractivity contribution >= 4 is 88.7 Å². The first-order chi connectivity index (χ1) is 44.9. The molecule has 3 atom stereocenters. The third-order valence-corrected chi connectivity index (χ3v) is 18.2. The molecule has 29 nitrogen and oxygen atoms in total. The predicted octanol–water partition coefficient (Wildman–Crippen LogP) is 6.75. The van der Waals surface area contributed by atoms with E-state index in [-0.39, 0.29) is 136 Å². The van der Waals surface area contributed by atoms with Crippen molar-refractivity contribution in [2.24, 2.45) is 32.5 Å². The van der Waals surface area contributed by atoms with Gasteiger partial charge in [-0.1, -0.05) is 37.4 Å². The van der Waals surface area contributed by atoms with Crippen molar-refractivity contribution in [3.8, 4) is 0 Å². The van der Waals surface area contributed by atoms with Crippen LogP contribution in [0.25, 0.3) is 0 Å². The number of carbonyl (C=O) groups excluding carboxylic acids is 9. The van der Waals surface area contributed by atoms with Gasteiger partial charge in [0.15, 0.2) is 0 Å². The number of esters is 4. The van der Waals surface area contributed by atoms with Crippen LogP contribution in [-0.4, -0.2) is 274 Å². The average Bonchev–Trinajstić information content (AvgIpc) is 1.65. The molecular weight excluding hydrogens is 1440 g/mol. The summed E-state index contributed by atoms with van der Waals surface area (Å²) in [6.45, 7) is 39.9. The number of carboxylic acid groups (broad SMARTS) is 2. The summed E-state index contributed by atoms with van der Waals surface area (Å²) in [4.78, 5) is 138. The third-order valence-electron chi connectivity index (χ3n) is 17.6. The maximum atomic E-state index is 12.6. The van der Waals surface area contributed by atoms with Gasteiger partial charge in [-0.2, -0.15) is 0 Å². The summed E-state index contributed by atoms with van der Waals surface area (Å²) in [7, 11) is 4.15. The van der Waals surface area contributed by atoms with Crippen molar-refractivity contribution in [1.82, 2.24) is 39.6 Å². The Labute approximate surface area is 640 Å². The summed E-state index contributed by atoms with van der Waals surface area (Å²) in [5.74, 6) is -2.40. The van der Waals surface area contributed by atoms with Crippen LogP contribution in [0.15, 0.2) is 0 Å². The number of carboxylic acids is 2. The number of rotatable bonds is 17. The molecule has 0 aromatic carbocycles. The molecular formula is C70H130IN8NaO21. The van der Waals surface area contributed by atoms with E-state index in [1.165, 1.54) is 27.8 Å². The van der Waals surface area contributed by atoms with Crippen molar-refractivity contribution in [1.29, 1.82) is 0 Å². The topological polar surface area (TPSA) is 359 Å². The minimum Gasteiger partial charge on any atom is -1.00 e. The zero-order chi connectivity index (χ0) is 75.8. The minimum atomic E-state index is -0.864. The number of aliphatic hydroxyl groups is 2. The molecule has 0 aromatic heterocycles. The van der Waals surface area contributed by atoms with E-state index in [4.69, 9.17) is 39.4 Å². The number of aliphatic carboxylic acids is 2. The fraction of sp³-hybridized carbons (Fsp3) is 0.843. The van der Waals surface area contributed by atoms with Crippen molar-refractivity contribution in [3.63, 3.8) is 0 Å².